The van der Waals surface area contributed by atoms with Crippen LogP contribution in [0.15, 0.2) is 36.7 Å². The molecule has 3 heteroatoms. The molecular weight excluding hydrogens is 212 g/mol. The molecule has 0 radical (unpaired) electrons. The first-order chi connectivity index (χ1) is 8.18. The van der Waals surface area contributed by atoms with Crippen LogP contribution in [0.25, 0.3) is 10.8 Å². The zero-order valence-corrected chi connectivity index (χ0v) is 10.1. The van der Waals surface area contributed by atoms with Crippen LogP contribution in [0.1, 0.15) is 24.2 Å². The Labute approximate surface area is 101 Å². The highest BCUT2D eigenvalue weighted by atomic mass is 16.1. The van der Waals surface area contributed by atoms with Crippen LogP contribution in [0.3, 0.4) is 0 Å². The molecule has 0 bridgehead atoms. The minimum atomic E-state index is 0.121. The van der Waals surface area contributed by atoms with E-state index in [0.717, 1.165) is 16.3 Å². The van der Waals surface area contributed by atoms with Crippen molar-refractivity contribution in [2.24, 2.45) is 0 Å². The van der Waals surface area contributed by atoms with Gasteiger partial charge >= 0.3 is 0 Å². The highest BCUT2D eigenvalue weighted by Crippen LogP contribution is 2.17. The van der Waals surface area contributed by atoms with Crippen molar-refractivity contribution in [1.82, 2.24) is 10.3 Å². The standard InChI is InChI=1S/C14H16N2O/c1-10(2)16-9-14(17)13-5-3-4-11-8-15-7-6-12(11)13/h3-8,10,16H,9H2,1-2H3. The molecule has 1 N–H and O–H groups in total. The highest BCUT2D eigenvalue weighted by molar-refractivity contribution is 6.08. The third kappa shape index (κ3) is 2.68. The smallest absolute Gasteiger partial charge is 0.177 e. The number of hydrogen-bond donors (Lipinski definition) is 1. The van der Waals surface area contributed by atoms with Crippen LogP contribution >= 0.6 is 0 Å². The summed E-state index contributed by atoms with van der Waals surface area (Å²) in [5.41, 5.74) is 0.762. The molecule has 0 atom stereocenters. The average Bonchev–Trinajstić information content (AvgIpc) is 2.35. The minimum absolute atomic E-state index is 0.121. The number of fused-ring (bicyclic) bond motifs is 1. The SMILES string of the molecule is CC(C)NCC(=O)c1cccc2cnccc12. The number of hydrogen-bond acceptors (Lipinski definition) is 3. The summed E-state index contributed by atoms with van der Waals surface area (Å²) < 4.78 is 0. The van der Waals surface area contributed by atoms with Gasteiger partial charge in [0.05, 0.1) is 6.54 Å². The predicted octanol–water partition coefficient (Wildman–Crippen LogP) is 2.42. The van der Waals surface area contributed by atoms with Crippen molar-refractivity contribution in [3.05, 3.63) is 42.2 Å². The number of carbonyl (C=O) groups excluding carboxylic acids is 1. The molecule has 0 saturated heterocycles. The van der Waals surface area contributed by atoms with E-state index in [1.807, 2.05) is 38.1 Å². The van der Waals surface area contributed by atoms with Gasteiger partial charge in [-0.1, -0.05) is 32.0 Å². The maximum atomic E-state index is 12.1. The van der Waals surface area contributed by atoms with Gasteiger partial charge in [0.2, 0.25) is 0 Å². The number of rotatable bonds is 4. The number of pyridine rings is 1. The Kier molecular flexibility index (Phi) is 3.49. The molecule has 0 saturated carbocycles. The maximum absolute atomic E-state index is 12.1. The molecule has 88 valence electrons. The van der Waals surface area contributed by atoms with Gasteiger partial charge in [0.1, 0.15) is 0 Å². The molecule has 17 heavy (non-hydrogen) atoms. The summed E-state index contributed by atoms with van der Waals surface area (Å²) >= 11 is 0. The quantitative estimate of drug-likeness (QED) is 0.817. The molecule has 3 nitrogen and oxygen atoms in total. The molecule has 0 unspecified atom stereocenters. The van der Waals surface area contributed by atoms with Crippen molar-refractivity contribution in [3.63, 3.8) is 0 Å². The topological polar surface area (TPSA) is 42.0 Å². The van der Waals surface area contributed by atoms with E-state index in [4.69, 9.17) is 0 Å². The van der Waals surface area contributed by atoms with E-state index in [-0.39, 0.29) is 5.78 Å². The second-order valence-electron chi connectivity index (χ2n) is 4.36. The molecule has 0 aliphatic rings. The van der Waals surface area contributed by atoms with Crippen molar-refractivity contribution in [2.75, 3.05) is 6.54 Å². The summed E-state index contributed by atoms with van der Waals surface area (Å²) in [5.74, 6) is 0.121. The van der Waals surface area contributed by atoms with Gasteiger partial charge in [0.15, 0.2) is 5.78 Å². The molecule has 0 fully saturated rings. The zero-order chi connectivity index (χ0) is 12.3. The number of nitrogens with zero attached hydrogens (tertiary/aromatic N) is 1. The Balaban J connectivity index is 2.32. The van der Waals surface area contributed by atoms with Crippen molar-refractivity contribution in [3.8, 4) is 0 Å². The van der Waals surface area contributed by atoms with E-state index in [1.54, 1.807) is 12.4 Å². The lowest BCUT2D eigenvalue weighted by Gasteiger charge is -2.08. The molecule has 0 aliphatic heterocycles. The maximum Gasteiger partial charge on any atom is 0.177 e. The molecule has 2 aromatic rings. The van der Waals surface area contributed by atoms with Gasteiger partial charge < -0.3 is 5.32 Å². The van der Waals surface area contributed by atoms with Gasteiger partial charge in [-0.05, 0) is 11.5 Å². The third-order valence-corrected chi connectivity index (χ3v) is 2.65. The predicted molar refractivity (Wildman–Crippen MR) is 69.2 cm³/mol. The van der Waals surface area contributed by atoms with E-state index in [0.29, 0.717) is 12.6 Å². The van der Waals surface area contributed by atoms with Crippen LogP contribution < -0.4 is 5.32 Å². The van der Waals surface area contributed by atoms with E-state index >= 15 is 0 Å². The second-order valence-corrected chi connectivity index (χ2v) is 4.36. The van der Waals surface area contributed by atoms with Gasteiger partial charge in [-0.2, -0.15) is 0 Å². The number of carbonyl (C=O) groups is 1. The van der Waals surface area contributed by atoms with Gasteiger partial charge in [-0.15, -0.1) is 0 Å². The Bertz CT molecular complexity index is 529. The van der Waals surface area contributed by atoms with Crippen molar-refractivity contribution in [1.29, 1.82) is 0 Å². The number of Topliss-reactive ketones (excluding diaryl/α,β-unsaturated/α-hetero) is 1. The summed E-state index contributed by atoms with van der Waals surface area (Å²) in [7, 11) is 0. The lowest BCUT2D eigenvalue weighted by Crippen LogP contribution is -2.29. The molecule has 0 spiro atoms. The van der Waals surface area contributed by atoms with Crippen LogP contribution in [-0.2, 0) is 0 Å². The van der Waals surface area contributed by atoms with E-state index in [9.17, 15) is 4.79 Å². The van der Waals surface area contributed by atoms with Crippen LogP contribution in [0.4, 0.5) is 0 Å². The van der Waals surface area contributed by atoms with Crippen molar-refractivity contribution < 1.29 is 4.79 Å². The number of benzene rings is 1. The lowest BCUT2D eigenvalue weighted by atomic mass is 10.0. The van der Waals surface area contributed by atoms with Gasteiger partial charge in [0.25, 0.3) is 0 Å². The monoisotopic (exact) mass is 228 g/mol. The molecule has 1 aromatic heterocycles. The van der Waals surface area contributed by atoms with Crippen LogP contribution in [-0.4, -0.2) is 23.4 Å². The fourth-order valence-corrected chi connectivity index (χ4v) is 1.76. The van der Waals surface area contributed by atoms with E-state index in [2.05, 4.69) is 10.3 Å². The highest BCUT2D eigenvalue weighted by Gasteiger charge is 2.09. The first kappa shape index (κ1) is 11.7. The van der Waals surface area contributed by atoms with Crippen LogP contribution in [0.5, 0.6) is 0 Å². The fraction of sp³-hybridized carbons (Fsp3) is 0.286. The van der Waals surface area contributed by atoms with Gasteiger partial charge in [-0.25, -0.2) is 0 Å². The molecule has 1 aromatic carbocycles. The minimum Gasteiger partial charge on any atom is -0.307 e. The fourth-order valence-electron chi connectivity index (χ4n) is 1.76. The summed E-state index contributed by atoms with van der Waals surface area (Å²) in [5, 5.41) is 5.12. The van der Waals surface area contributed by atoms with Crippen LogP contribution in [0.2, 0.25) is 0 Å². The first-order valence-corrected chi connectivity index (χ1v) is 5.78. The molecule has 1 heterocycles. The Hall–Kier alpha value is -1.74. The Morgan fingerprint density at radius 1 is 1.35 bits per heavy atom. The first-order valence-electron chi connectivity index (χ1n) is 5.78. The lowest BCUT2D eigenvalue weighted by molar-refractivity contribution is 0.0990. The largest absolute Gasteiger partial charge is 0.307 e. The summed E-state index contributed by atoms with van der Waals surface area (Å²) in [6.45, 7) is 4.43. The number of nitrogens with one attached hydrogen (secondary N) is 1. The van der Waals surface area contributed by atoms with Crippen LogP contribution in [0, 0.1) is 0 Å². The number of aromatic nitrogens is 1. The molecular formula is C14H16N2O. The van der Waals surface area contributed by atoms with Gasteiger partial charge in [0, 0.05) is 29.4 Å². The molecule has 0 aliphatic carbocycles. The van der Waals surface area contributed by atoms with Crippen molar-refractivity contribution >= 4 is 16.6 Å². The van der Waals surface area contributed by atoms with Gasteiger partial charge in [-0.3, -0.25) is 9.78 Å². The third-order valence-electron chi connectivity index (χ3n) is 2.65. The number of ketones is 1. The van der Waals surface area contributed by atoms with Crippen molar-refractivity contribution in [2.45, 2.75) is 19.9 Å². The normalized spacial score (nSPS) is 11.0. The second kappa shape index (κ2) is 5.06. The Morgan fingerprint density at radius 2 is 2.18 bits per heavy atom. The van der Waals surface area contributed by atoms with E-state index < -0.39 is 0 Å². The van der Waals surface area contributed by atoms with E-state index in [1.165, 1.54) is 0 Å². The summed E-state index contributed by atoms with van der Waals surface area (Å²) in [6, 6.07) is 7.93. The average molecular weight is 228 g/mol. The zero-order valence-electron chi connectivity index (χ0n) is 10.1. The summed E-state index contributed by atoms with van der Waals surface area (Å²) in [4.78, 5) is 16.1. The summed E-state index contributed by atoms with van der Waals surface area (Å²) in [6.07, 6.45) is 3.50. The Morgan fingerprint density at radius 3 is 2.94 bits per heavy atom. The molecule has 0 amide bonds. The molecule has 2 rings (SSSR count).